The van der Waals surface area contributed by atoms with Gasteiger partial charge in [-0.2, -0.15) is 11.8 Å². The van der Waals surface area contributed by atoms with Crippen LogP contribution in [0, 0.1) is 5.92 Å². The van der Waals surface area contributed by atoms with Crippen LogP contribution in [0.5, 0.6) is 0 Å². The number of aromatic nitrogens is 1. The van der Waals surface area contributed by atoms with Gasteiger partial charge < -0.3 is 10.5 Å². The quantitative estimate of drug-likeness (QED) is 0.921. The number of thioether (sulfide) groups is 1. The second kappa shape index (κ2) is 5.81. The smallest absolute Gasteiger partial charge is 0.0783 e. The molecule has 2 N–H and O–H groups in total. The van der Waals surface area contributed by atoms with Crippen molar-refractivity contribution in [1.29, 1.82) is 0 Å². The summed E-state index contributed by atoms with van der Waals surface area (Å²) in [6.45, 7) is 0.881. The molecule has 1 aromatic heterocycles. The zero-order chi connectivity index (χ0) is 13.1. The summed E-state index contributed by atoms with van der Waals surface area (Å²) in [5, 5.41) is 0. The Labute approximate surface area is 119 Å². The molecule has 0 amide bonds. The lowest BCUT2D eigenvalue weighted by molar-refractivity contribution is -0.0831. The first kappa shape index (κ1) is 13.4. The number of nitrogens with two attached hydrogens (primary N) is 1. The van der Waals surface area contributed by atoms with Gasteiger partial charge in [0.05, 0.1) is 5.60 Å². The Morgan fingerprint density at radius 3 is 3.26 bits per heavy atom. The van der Waals surface area contributed by atoms with Crippen molar-refractivity contribution in [3.63, 3.8) is 0 Å². The van der Waals surface area contributed by atoms with Crippen LogP contribution in [0.3, 0.4) is 0 Å². The fraction of sp³-hybridized carbons (Fsp3) is 0.667. The normalized spacial score (nSPS) is 32.6. The minimum atomic E-state index is 0.139. The van der Waals surface area contributed by atoms with Crippen molar-refractivity contribution in [3.05, 3.63) is 30.1 Å². The van der Waals surface area contributed by atoms with Crippen molar-refractivity contribution in [2.75, 3.05) is 18.1 Å². The van der Waals surface area contributed by atoms with Gasteiger partial charge in [-0.1, -0.05) is 6.07 Å². The maximum absolute atomic E-state index is 6.44. The molecule has 0 saturated carbocycles. The van der Waals surface area contributed by atoms with E-state index in [2.05, 4.69) is 11.1 Å². The zero-order valence-corrected chi connectivity index (χ0v) is 12.1. The largest absolute Gasteiger partial charge is 0.374 e. The van der Waals surface area contributed by atoms with E-state index in [1.54, 1.807) is 0 Å². The number of pyridine rings is 1. The van der Waals surface area contributed by atoms with Crippen LogP contribution in [0.1, 0.15) is 24.8 Å². The molecule has 104 valence electrons. The van der Waals surface area contributed by atoms with E-state index in [-0.39, 0.29) is 11.6 Å². The highest BCUT2D eigenvalue weighted by Gasteiger charge is 2.41. The molecule has 1 spiro atoms. The highest BCUT2D eigenvalue weighted by atomic mass is 32.2. The van der Waals surface area contributed by atoms with E-state index < -0.39 is 0 Å². The third-order valence-electron chi connectivity index (χ3n) is 4.40. The first-order valence-corrected chi connectivity index (χ1v) is 8.29. The first-order valence-electron chi connectivity index (χ1n) is 7.14. The summed E-state index contributed by atoms with van der Waals surface area (Å²) in [5.41, 5.74) is 7.83. The number of hydrogen-bond donors (Lipinski definition) is 1. The van der Waals surface area contributed by atoms with Crippen LogP contribution >= 0.6 is 11.8 Å². The van der Waals surface area contributed by atoms with Crippen molar-refractivity contribution < 1.29 is 4.74 Å². The van der Waals surface area contributed by atoms with Crippen LogP contribution in [0.15, 0.2) is 24.5 Å². The Bertz CT molecular complexity index is 406. The lowest BCUT2D eigenvalue weighted by atomic mass is 9.80. The minimum Gasteiger partial charge on any atom is -0.374 e. The Morgan fingerprint density at radius 1 is 1.58 bits per heavy atom. The van der Waals surface area contributed by atoms with Gasteiger partial charge in [-0.15, -0.1) is 0 Å². The molecule has 2 saturated heterocycles. The molecule has 3 rings (SSSR count). The third-order valence-corrected chi connectivity index (χ3v) is 5.62. The number of rotatable bonds is 3. The molecule has 3 atom stereocenters. The topological polar surface area (TPSA) is 48.1 Å². The molecule has 0 aromatic carbocycles. The summed E-state index contributed by atoms with van der Waals surface area (Å²) in [6, 6.07) is 4.34. The molecule has 0 radical (unpaired) electrons. The van der Waals surface area contributed by atoms with Crippen LogP contribution in [-0.4, -0.2) is 34.7 Å². The molecule has 1 aromatic rings. The molecule has 2 fully saturated rings. The Morgan fingerprint density at radius 2 is 2.53 bits per heavy atom. The predicted octanol–water partition coefficient (Wildman–Crippen LogP) is 2.25. The summed E-state index contributed by atoms with van der Waals surface area (Å²) >= 11 is 2.02. The van der Waals surface area contributed by atoms with Gasteiger partial charge in [0, 0.05) is 30.8 Å². The summed E-state index contributed by atoms with van der Waals surface area (Å²) in [7, 11) is 0. The average Bonchev–Trinajstić information content (AvgIpc) is 2.88. The van der Waals surface area contributed by atoms with E-state index in [0.29, 0.717) is 5.92 Å². The van der Waals surface area contributed by atoms with Crippen molar-refractivity contribution in [3.8, 4) is 0 Å². The summed E-state index contributed by atoms with van der Waals surface area (Å²) in [6.07, 6.45) is 8.12. The Kier molecular flexibility index (Phi) is 4.10. The first-order chi connectivity index (χ1) is 9.27. The van der Waals surface area contributed by atoms with Gasteiger partial charge >= 0.3 is 0 Å². The van der Waals surface area contributed by atoms with Crippen molar-refractivity contribution in [1.82, 2.24) is 4.98 Å². The second-order valence-electron chi connectivity index (χ2n) is 5.82. The molecular weight excluding hydrogens is 256 g/mol. The lowest BCUT2D eigenvalue weighted by Crippen LogP contribution is -2.46. The van der Waals surface area contributed by atoms with Gasteiger partial charge in [0.15, 0.2) is 0 Å². The fourth-order valence-corrected chi connectivity index (χ4v) is 4.63. The Balaban J connectivity index is 1.61. The van der Waals surface area contributed by atoms with Gasteiger partial charge in [-0.25, -0.2) is 0 Å². The average molecular weight is 278 g/mol. The zero-order valence-electron chi connectivity index (χ0n) is 11.3. The van der Waals surface area contributed by atoms with Crippen molar-refractivity contribution in [2.45, 2.75) is 37.3 Å². The highest BCUT2D eigenvalue weighted by Crippen LogP contribution is 2.41. The molecule has 19 heavy (non-hydrogen) atoms. The lowest BCUT2D eigenvalue weighted by Gasteiger charge is -2.40. The van der Waals surface area contributed by atoms with Crippen LogP contribution < -0.4 is 5.73 Å². The third kappa shape index (κ3) is 3.12. The van der Waals surface area contributed by atoms with Crippen LogP contribution in [0.4, 0.5) is 0 Å². The van der Waals surface area contributed by atoms with Crippen LogP contribution in [0.25, 0.3) is 0 Å². The molecule has 2 aliphatic heterocycles. The molecular formula is C15H22N2OS. The molecule has 0 bridgehead atoms. The van der Waals surface area contributed by atoms with E-state index in [9.17, 15) is 0 Å². The highest BCUT2D eigenvalue weighted by molar-refractivity contribution is 7.99. The van der Waals surface area contributed by atoms with Gasteiger partial charge in [-0.3, -0.25) is 4.98 Å². The van der Waals surface area contributed by atoms with E-state index >= 15 is 0 Å². The molecule has 3 heterocycles. The maximum Gasteiger partial charge on any atom is 0.0783 e. The summed E-state index contributed by atoms with van der Waals surface area (Å²) in [5.74, 6) is 2.99. The monoisotopic (exact) mass is 278 g/mol. The summed E-state index contributed by atoms with van der Waals surface area (Å²) in [4.78, 5) is 4.17. The molecule has 3 nitrogen and oxygen atoms in total. The Hall–Kier alpha value is -0.580. The van der Waals surface area contributed by atoms with Crippen LogP contribution in [-0.2, 0) is 11.2 Å². The standard InChI is InChI=1S/C15H22N2OS/c16-14(8-12-2-1-5-17-10-12)13-3-6-18-15(9-13)4-7-19-11-15/h1-2,5,10,13-14H,3-4,6-9,11,16H2. The van der Waals surface area contributed by atoms with Crippen LogP contribution in [0.2, 0.25) is 0 Å². The van der Waals surface area contributed by atoms with Gasteiger partial charge in [0.25, 0.3) is 0 Å². The van der Waals surface area contributed by atoms with Gasteiger partial charge in [-0.05, 0) is 49.0 Å². The molecule has 0 aliphatic carbocycles. The predicted molar refractivity (Wildman–Crippen MR) is 79.3 cm³/mol. The molecule has 2 aliphatic rings. The number of ether oxygens (including phenoxy) is 1. The minimum absolute atomic E-state index is 0.139. The van der Waals surface area contributed by atoms with E-state index in [4.69, 9.17) is 10.5 Å². The van der Waals surface area contributed by atoms with E-state index in [1.165, 1.54) is 17.7 Å². The maximum atomic E-state index is 6.44. The summed E-state index contributed by atoms with van der Waals surface area (Å²) < 4.78 is 6.07. The molecule has 3 unspecified atom stereocenters. The van der Waals surface area contributed by atoms with Gasteiger partial charge in [0.2, 0.25) is 0 Å². The fourth-order valence-electron chi connectivity index (χ4n) is 3.25. The molecule has 4 heteroatoms. The number of nitrogens with zero attached hydrogens (tertiary/aromatic N) is 1. The SMILES string of the molecule is NC(Cc1cccnc1)C1CCOC2(CCSC2)C1. The number of hydrogen-bond acceptors (Lipinski definition) is 4. The van der Waals surface area contributed by atoms with E-state index in [1.807, 2.05) is 30.2 Å². The van der Waals surface area contributed by atoms with Crippen molar-refractivity contribution >= 4 is 11.8 Å². The van der Waals surface area contributed by atoms with Crippen molar-refractivity contribution in [2.24, 2.45) is 11.7 Å². The van der Waals surface area contributed by atoms with E-state index in [0.717, 1.165) is 31.6 Å². The second-order valence-corrected chi connectivity index (χ2v) is 6.92. The van der Waals surface area contributed by atoms with Gasteiger partial charge in [0.1, 0.15) is 0 Å².